The molecule has 1 aromatic carbocycles. The Morgan fingerprint density at radius 1 is 1.11 bits per heavy atom. The van der Waals surface area contributed by atoms with Crippen LogP contribution in [0, 0.1) is 5.92 Å². The minimum Gasteiger partial charge on any atom is -0.369 e. The molecule has 3 heteroatoms. The Bertz CT molecular complexity index is 381. The highest BCUT2D eigenvalue weighted by atomic mass is 15.2. The summed E-state index contributed by atoms with van der Waals surface area (Å²) in [6.45, 7) is 11.1. The highest BCUT2D eigenvalue weighted by Gasteiger charge is 2.16. The van der Waals surface area contributed by atoms with E-state index in [4.69, 9.17) is 0 Å². The number of anilines is 1. The van der Waals surface area contributed by atoms with Crippen molar-refractivity contribution >= 4 is 5.69 Å². The van der Waals surface area contributed by atoms with Gasteiger partial charge in [-0.05, 0) is 31.1 Å². The van der Waals surface area contributed by atoms with Gasteiger partial charge in [-0.2, -0.15) is 0 Å². The second kappa shape index (κ2) is 6.92. The molecule has 1 heterocycles. The van der Waals surface area contributed by atoms with Gasteiger partial charge in [-0.3, -0.25) is 0 Å². The first-order valence-electron chi connectivity index (χ1n) is 7.39. The summed E-state index contributed by atoms with van der Waals surface area (Å²) in [6.07, 6.45) is 0. The zero-order chi connectivity index (χ0) is 13.7. The van der Waals surface area contributed by atoms with Crippen molar-refractivity contribution in [2.45, 2.75) is 20.4 Å². The summed E-state index contributed by atoms with van der Waals surface area (Å²) in [5.41, 5.74) is 2.83. The van der Waals surface area contributed by atoms with Gasteiger partial charge in [0.05, 0.1) is 0 Å². The molecular weight excluding hydrogens is 234 g/mol. The van der Waals surface area contributed by atoms with Gasteiger partial charge in [0.15, 0.2) is 0 Å². The van der Waals surface area contributed by atoms with E-state index < -0.39 is 0 Å². The Morgan fingerprint density at radius 2 is 1.79 bits per heavy atom. The van der Waals surface area contributed by atoms with Crippen LogP contribution in [0.15, 0.2) is 24.3 Å². The maximum absolute atomic E-state index is 3.55. The van der Waals surface area contributed by atoms with E-state index in [1.54, 1.807) is 0 Å². The molecule has 1 fully saturated rings. The Morgan fingerprint density at radius 3 is 2.47 bits per heavy atom. The van der Waals surface area contributed by atoms with Crippen molar-refractivity contribution in [3.63, 3.8) is 0 Å². The van der Waals surface area contributed by atoms with E-state index >= 15 is 0 Å². The number of benzene rings is 1. The minimum atomic E-state index is 0.704. The highest BCUT2D eigenvalue weighted by Crippen LogP contribution is 2.21. The molecule has 0 spiro atoms. The SMILES string of the molecule is CC(C)CNCc1ccccc1N1CCN(C)CC1. The molecule has 0 unspecified atom stereocenters. The predicted molar refractivity (Wildman–Crippen MR) is 82.7 cm³/mol. The van der Waals surface area contributed by atoms with Crippen LogP contribution in [0.1, 0.15) is 19.4 Å². The van der Waals surface area contributed by atoms with E-state index in [0.717, 1.165) is 39.3 Å². The highest BCUT2D eigenvalue weighted by molar-refractivity contribution is 5.54. The van der Waals surface area contributed by atoms with Crippen LogP contribution in [0.2, 0.25) is 0 Å². The average Bonchev–Trinajstić information content (AvgIpc) is 2.40. The van der Waals surface area contributed by atoms with Crippen LogP contribution in [0.3, 0.4) is 0 Å². The summed E-state index contributed by atoms with van der Waals surface area (Å²) in [7, 11) is 2.20. The van der Waals surface area contributed by atoms with Crippen LogP contribution in [-0.2, 0) is 6.54 Å². The fourth-order valence-corrected chi connectivity index (χ4v) is 2.51. The summed E-state index contributed by atoms with van der Waals surface area (Å²) >= 11 is 0. The fourth-order valence-electron chi connectivity index (χ4n) is 2.51. The summed E-state index contributed by atoms with van der Waals surface area (Å²) in [5.74, 6) is 0.704. The topological polar surface area (TPSA) is 18.5 Å². The average molecular weight is 261 g/mol. The van der Waals surface area contributed by atoms with Crippen molar-refractivity contribution in [2.24, 2.45) is 5.92 Å². The van der Waals surface area contributed by atoms with Crippen LogP contribution in [0.5, 0.6) is 0 Å². The number of nitrogens with zero attached hydrogens (tertiary/aromatic N) is 2. The Hall–Kier alpha value is -1.06. The molecular formula is C16H27N3. The number of nitrogens with one attached hydrogen (secondary N) is 1. The van der Waals surface area contributed by atoms with Crippen molar-refractivity contribution in [3.05, 3.63) is 29.8 Å². The van der Waals surface area contributed by atoms with E-state index in [9.17, 15) is 0 Å². The fraction of sp³-hybridized carbons (Fsp3) is 0.625. The van der Waals surface area contributed by atoms with Crippen molar-refractivity contribution in [3.8, 4) is 0 Å². The number of rotatable bonds is 5. The number of hydrogen-bond donors (Lipinski definition) is 1. The summed E-state index contributed by atoms with van der Waals surface area (Å²) < 4.78 is 0. The van der Waals surface area contributed by atoms with E-state index in [1.807, 2.05) is 0 Å². The van der Waals surface area contributed by atoms with Gasteiger partial charge >= 0.3 is 0 Å². The second-order valence-electron chi connectivity index (χ2n) is 5.94. The molecule has 0 atom stereocenters. The van der Waals surface area contributed by atoms with Crippen molar-refractivity contribution in [1.82, 2.24) is 10.2 Å². The molecule has 0 amide bonds. The molecule has 1 aromatic rings. The molecule has 2 rings (SSSR count). The van der Waals surface area contributed by atoms with Crippen LogP contribution in [-0.4, -0.2) is 44.7 Å². The molecule has 0 aliphatic carbocycles. The molecule has 0 radical (unpaired) electrons. The van der Waals surface area contributed by atoms with Gasteiger partial charge < -0.3 is 15.1 Å². The lowest BCUT2D eigenvalue weighted by Gasteiger charge is -2.35. The predicted octanol–water partition coefficient (Wildman–Crippen LogP) is 2.18. The molecule has 19 heavy (non-hydrogen) atoms. The van der Waals surface area contributed by atoms with Gasteiger partial charge in [-0.1, -0.05) is 32.0 Å². The third kappa shape index (κ3) is 4.22. The van der Waals surface area contributed by atoms with Gasteiger partial charge in [0.2, 0.25) is 0 Å². The lowest BCUT2D eigenvalue weighted by molar-refractivity contribution is 0.312. The molecule has 0 aromatic heterocycles. The van der Waals surface area contributed by atoms with Gasteiger partial charge in [0, 0.05) is 38.4 Å². The monoisotopic (exact) mass is 261 g/mol. The van der Waals surface area contributed by atoms with Crippen molar-refractivity contribution < 1.29 is 0 Å². The Labute approximate surface area is 117 Å². The zero-order valence-electron chi connectivity index (χ0n) is 12.5. The molecule has 1 saturated heterocycles. The van der Waals surface area contributed by atoms with Gasteiger partial charge in [-0.25, -0.2) is 0 Å². The molecule has 1 N–H and O–H groups in total. The van der Waals surface area contributed by atoms with Crippen LogP contribution >= 0.6 is 0 Å². The van der Waals surface area contributed by atoms with Crippen LogP contribution < -0.4 is 10.2 Å². The summed E-state index contributed by atoms with van der Waals surface area (Å²) in [6, 6.07) is 8.81. The smallest absolute Gasteiger partial charge is 0.0412 e. The Balaban J connectivity index is 1.99. The summed E-state index contributed by atoms with van der Waals surface area (Å²) in [5, 5.41) is 3.55. The van der Waals surface area contributed by atoms with Crippen LogP contribution in [0.25, 0.3) is 0 Å². The number of hydrogen-bond acceptors (Lipinski definition) is 3. The number of para-hydroxylation sites is 1. The maximum Gasteiger partial charge on any atom is 0.0412 e. The van der Waals surface area contributed by atoms with Crippen LogP contribution in [0.4, 0.5) is 5.69 Å². The first-order chi connectivity index (χ1) is 9.16. The minimum absolute atomic E-state index is 0.704. The quantitative estimate of drug-likeness (QED) is 0.876. The number of piperazine rings is 1. The van der Waals surface area contributed by atoms with E-state index in [-0.39, 0.29) is 0 Å². The lowest BCUT2D eigenvalue weighted by atomic mass is 10.1. The van der Waals surface area contributed by atoms with E-state index in [2.05, 4.69) is 60.3 Å². The first-order valence-corrected chi connectivity index (χ1v) is 7.39. The van der Waals surface area contributed by atoms with Crippen molar-refractivity contribution in [2.75, 3.05) is 44.7 Å². The molecule has 3 nitrogen and oxygen atoms in total. The zero-order valence-corrected chi connectivity index (χ0v) is 12.5. The summed E-state index contributed by atoms with van der Waals surface area (Å²) in [4.78, 5) is 4.92. The van der Waals surface area contributed by atoms with Gasteiger partial charge in [0.25, 0.3) is 0 Å². The maximum atomic E-state index is 3.55. The third-order valence-corrected chi connectivity index (χ3v) is 3.70. The first kappa shape index (κ1) is 14.4. The normalized spacial score (nSPS) is 17.2. The molecule has 0 bridgehead atoms. The van der Waals surface area contributed by atoms with Gasteiger partial charge in [0.1, 0.15) is 0 Å². The largest absolute Gasteiger partial charge is 0.369 e. The Kier molecular flexibility index (Phi) is 5.23. The third-order valence-electron chi connectivity index (χ3n) is 3.70. The van der Waals surface area contributed by atoms with Gasteiger partial charge in [-0.15, -0.1) is 0 Å². The molecule has 0 saturated carbocycles. The van der Waals surface area contributed by atoms with Crippen molar-refractivity contribution in [1.29, 1.82) is 0 Å². The number of likely N-dealkylation sites (N-methyl/N-ethyl adjacent to an activating group) is 1. The molecule has 106 valence electrons. The second-order valence-corrected chi connectivity index (χ2v) is 5.94. The molecule has 1 aliphatic heterocycles. The molecule has 1 aliphatic rings. The van der Waals surface area contributed by atoms with E-state index in [0.29, 0.717) is 5.92 Å². The standard InChI is InChI=1S/C16H27N3/c1-14(2)12-17-13-15-6-4-5-7-16(15)19-10-8-18(3)9-11-19/h4-7,14,17H,8-13H2,1-3H3. The lowest BCUT2D eigenvalue weighted by Crippen LogP contribution is -2.45. The van der Waals surface area contributed by atoms with E-state index in [1.165, 1.54) is 11.3 Å².